The number of aliphatic hydroxyl groups excluding tert-OH is 1. The SMILES string of the molecule is CC(C)N(C)C(=O)c1cc(F)ccc1-n1cc([C@H]2CC[C@@H](N3CCN(CCO)CC3)CC2)c2ccncc21. The number of aromatic nitrogens is 2. The van der Waals surface area contributed by atoms with Crippen LogP contribution in [0.1, 0.15) is 61.4 Å². The summed E-state index contributed by atoms with van der Waals surface area (Å²) in [4.78, 5) is 24.3. The number of pyridine rings is 1. The smallest absolute Gasteiger partial charge is 0.256 e. The lowest BCUT2D eigenvalue weighted by atomic mass is 9.81. The number of hydrogen-bond acceptors (Lipinski definition) is 5. The fourth-order valence-corrected chi connectivity index (χ4v) is 6.18. The van der Waals surface area contributed by atoms with Crippen LogP contribution in [0.5, 0.6) is 0 Å². The maximum Gasteiger partial charge on any atom is 0.256 e. The molecule has 5 rings (SSSR count). The summed E-state index contributed by atoms with van der Waals surface area (Å²) >= 11 is 0. The molecule has 0 radical (unpaired) electrons. The standard InChI is InChI=1S/C30H40FN5O2/c1-21(2)33(3)30(38)26-18-23(31)6-9-28(26)36-20-27(25-10-11-32-19-29(25)36)22-4-7-24(8-5-22)35-14-12-34(13-15-35)16-17-37/h6,9-11,18-22,24,37H,4-5,7-8,12-17H2,1-3H3/t22-,24+. The first-order chi connectivity index (χ1) is 18.4. The molecule has 3 heterocycles. The van der Waals surface area contributed by atoms with Gasteiger partial charge in [0, 0.05) is 69.6 Å². The van der Waals surface area contributed by atoms with Crippen LogP contribution in [-0.4, -0.2) is 93.7 Å². The Kier molecular flexibility index (Phi) is 8.12. The lowest BCUT2D eigenvalue weighted by Crippen LogP contribution is -2.51. The van der Waals surface area contributed by atoms with Gasteiger partial charge in [0.05, 0.1) is 29.6 Å². The molecule has 2 fully saturated rings. The van der Waals surface area contributed by atoms with E-state index in [9.17, 15) is 14.3 Å². The van der Waals surface area contributed by atoms with Gasteiger partial charge in [-0.05, 0) is 75.3 Å². The van der Waals surface area contributed by atoms with E-state index in [1.165, 1.54) is 30.5 Å². The molecule has 0 bridgehead atoms. The minimum atomic E-state index is -0.417. The first kappa shape index (κ1) is 26.8. The number of aliphatic hydroxyl groups is 1. The van der Waals surface area contributed by atoms with Crippen molar-refractivity contribution in [3.63, 3.8) is 0 Å². The lowest BCUT2D eigenvalue weighted by molar-refractivity contribution is 0.0673. The number of hydrogen-bond donors (Lipinski definition) is 1. The maximum absolute atomic E-state index is 14.3. The van der Waals surface area contributed by atoms with E-state index in [1.807, 2.05) is 30.8 Å². The highest BCUT2D eigenvalue weighted by molar-refractivity contribution is 5.99. The van der Waals surface area contributed by atoms with E-state index in [1.54, 1.807) is 18.0 Å². The van der Waals surface area contributed by atoms with Crippen LogP contribution in [-0.2, 0) is 0 Å². The average molecular weight is 522 g/mol. The summed E-state index contributed by atoms with van der Waals surface area (Å²) in [5, 5.41) is 10.4. The van der Waals surface area contributed by atoms with Crippen LogP contribution in [0, 0.1) is 5.82 Å². The summed E-state index contributed by atoms with van der Waals surface area (Å²) < 4.78 is 16.4. The van der Waals surface area contributed by atoms with Gasteiger partial charge >= 0.3 is 0 Å². The molecule has 0 unspecified atom stereocenters. The number of fused-ring (bicyclic) bond motifs is 1. The van der Waals surface area contributed by atoms with E-state index in [0.717, 1.165) is 56.5 Å². The monoisotopic (exact) mass is 521 g/mol. The Morgan fingerprint density at radius 3 is 2.55 bits per heavy atom. The number of β-amino-alcohol motifs (C(OH)–C–C–N with tert-alkyl or cyclic N) is 1. The molecule has 1 aromatic carbocycles. The first-order valence-electron chi connectivity index (χ1n) is 14.0. The van der Waals surface area contributed by atoms with E-state index in [2.05, 4.69) is 27.0 Å². The molecule has 1 N–H and O–H groups in total. The van der Waals surface area contributed by atoms with Crippen molar-refractivity contribution in [1.82, 2.24) is 24.3 Å². The summed E-state index contributed by atoms with van der Waals surface area (Å²) in [6.45, 7) is 9.13. The minimum absolute atomic E-state index is 0.00471. The molecule has 204 valence electrons. The van der Waals surface area contributed by atoms with E-state index < -0.39 is 5.82 Å². The Morgan fingerprint density at radius 1 is 1.13 bits per heavy atom. The highest BCUT2D eigenvalue weighted by Crippen LogP contribution is 2.40. The van der Waals surface area contributed by atoms with Crippen LogP contribution in [0.4, 0.5) is 4.39 Å². The van der Waals surface area contributed by atoms with Crippen molar-refractivity contribution < 1.29 is 14.3 Å². The van der Waals surface area contributed by atoms with Gasteiger partial charge in [0.25, 0.3) is 5.91 Å². The zero-order valence-corrected chi connectivity index (χ0v) is 22.8. The summed E-state index contributed by atoms with van der Waals surface area (Å²) in [5.41, 5.74) is 3.27. The molecule has 1 saturated carbocycles. The predicted octanol–water partition coefficient (Wildman–Crippen LogP) is 4.28. The maximum atomic E-state index is 14.3. The molecule has 3 aromatic rings. The Hall–Kier alpha value is -2.81. The van der Waals surface area contributed by atoms with Gasteiger partial charge in [0.1, 0.15) is 5.82 Å². The third kappa shape index (κ3) is 5.35. The molecule has 0 spiro atoms. The quantitative estimate of drug-likeness (QED) is 0.503. The Labute approximate surface area is 224 Å². The Bertz CT molecular complexity index is 1260. The van der Waals surface area contributed by atoms with Crippen molar-refractivity contribution in [2.24, 2.45) is 0 Å². The van der Waals surface area contributed by atoms with Crippen LogP contribution in [0.2, 0.25) is 0 Å². The molecule has 1 saturated heterocycles. The second-order valence-corrected chi connectivity index (χ2v) is 11.1. The highest BCUT2D eigenvalue weighted by Gasteiger charge is 2.30. The molecule has 1 aliphatic carbocycles. The number of benzene rings is 1. The van der Waals surface area contributed by atoms with Gasteiger partial charge in [-0.3, -0.25) is 19.6 Å². The summed E-state index contributed by atoms with van der Waals surface area (Å²) in [7, 11) is 1.76. The summed E-state index contributed by atoms with van der Waals surface area (Å²) in [6, 6.07) is 7.17. The molecule has 2 aliphatic rings. The van der Waals surface area contributed by atoms with Crippen molar-refractivity contribution >= 4 is 16.8 Å². The highest BCUT2D eigenvalue weighted by atomic mass is 19.1. The Balaban J connectivity index is 1.40. The fourth-order valence-electron chi connectivity index (χ4n) is 6.18. The van der Waals surface area contributed by atoms with Crippen LogP contribution in [0.15, 0.2) is 42.9 Å². The number of amides is 1. The molecule has 2 aromatic heterocycles. The van der Waals surface area contributed by atoms with Gasteiger partial charge in [0.2, 0.25) is 0 Å². The summed E-state index contributed by atoms with van der Waals surface area (Å²) in [5.74, 6) is -0.174. The molecule has 38 heavy (non-hydrogen) atoms. The minimum Gasteiger partial charge on any atom is -0.395 e. The van der Waals surface area contributed by atoms with Gasteiger partial charge in [-0.15, -0.1) is 0 Å². The first-order valence-corrected chi connectivity index (χ1v) is 14.0. The number of piperazine rings is 1. The third-order valence-corrected chi connectivity index (χ3v) is 8.66. The average Bonchev–Trinajstić information content (AvgIpc) is 3.32. The van der Waals surface area contributed by atoms with Crippen LogP contribution in [0.3, 0.4) is 0 Å². The summed E-state index contributed by atoms with van der Waals surface area (Å²) in [6.07, 6.45) is 10.4. The van der Waals surface area contributed by atoms with Gasteiger partial charge in [-0.25, -0.2) is 4.39 Å². The second kappa shape index (κ2) is 11.5. The number of carbonyl (C=O) groups is 1. The lowest BCUT2D eigenvalue weighted by Gasteiger charge is -2.42. The van der Waals surface area contributed by atoms with Gasteiger partial charge in [-0.2, -0.15) is 0 Å². The van der Waals surface area contributed by atoms with Gasteiger partial charge in [-0.1, -0.05) is 0 Å². The van der Waals surface area contributed by atoms with E-state index in [0.29, 0.717) is 23.2 Å². The Morgan fingerprint density at radius 2 is 1.87 bits per heavy atom. The van der Waals surface area contributed by atoms with Crippen LogP contribution in [0.25, 0.3) is 16.6 Å². The zero-order chi connectivity index (χ0) is 26.8. The molecule has 1 aliphatic heterocycles. The second-order valence-electron chi connectivity index (χ2n) is 11.1. The molecule has 1 amide bonds. The van der Waals surface area contributed by atoms with E-state index in [4.69, 9.17) is 0 Å². The van der Waals surface area contributed by atoms with E-state index in [-0.39, 0.29) is 18.6 Å². The van der Waals surface area contributed by atoms with Crippen LogP contribution >= 0.6 is 0 Å². The number of halogens is 1. The molecular weight excluding hydrogens is 481 g/mol. The molecule has 8 heteroatoms. The van der Waals surface area contributed by atoms with Crippen molar-refractivity contribution in [3.05, 3.63) is 59.8 Å². The normalized spacial score (nSPS) is 21.3. The van der Waals surface area contributed by atoms with Gasteiger partial charge < -0.3 is 14.6 Å². The number of rotatable bonds is 7. The van der Waals surface area contributed by atoms with Crippen molar-refractivity contribution in [3.8, 4) is 5.69 Å². The topological polar surface area (TPSA) is 64.8 Å². The number of nitrogens with zero attached hydrogens (tertiary/aromatic N) is 5. The largest absolute Gasteiger partial charge is 0.395 e. The zero-order valence-electron chi connectivity index (χ0n) is 22.8. The molecule has 7 nitrogen and oxygen atoms in total. The molecular formula is C30H40FN5O2. The predicted molar refractivity (Wildman–Crippen MR) is 148 cm³/mol. The van der Waals surface area contributed by atoms with E-state index >= 15 is 0 Å². The number of carbonyl (C=O) groups excluding carboxylic acids is 1. The fraction of sp³-hybridized carbons (Fsp3) is 0.533. The van der Waals surface area contributed by atoms with Crippen molar-refractivity contribution in [2.75, 3.05) is 46.4 Å². The van der Waals surface area contributed by atoms with Crippen molar-refractivity contribution in [1.29, 1.82) is 0 Å². The third-order valence-electron chi connectivity index (χ3n) is 8.66. The van der Waals surface area contributed by atoms with Crippen molar-refractivity contribution in [2.45, 2.75) is 57.5 Å². The van der Waals surface area contributed by atoms with Gasteiger partial charge in [0.15, 0.2) is 0 Å². The van der Waals surface area contributed by atoms with Crippen LogP contribution < -0.4 is 0 Å². The molecule has 0 atom stereocenters.